The number of carbonyl (C=O) groups is 2. The fraction of sp³-hybridized carbons (Fsp3) is 0.600. The van der Waals surface area contributed by atoms with Crippen LogP contribution in [0.25, 0.3) is 0 Å². The molecule has 0 aromatic heterocycles. The van der Waals surface area contributed by atoms with E-state index in [1.54, 1.807) is 19.1 Å². The Bertz CT molecular complexity index is 821. The number of fused-ring (bicyclic) bond motifs is 3. The first-order valence-corrected chi connectivity index (χ1v) is 10.3. The molecule has 29 heavy (non-hydrogen) atoms. The van der Waals surface area contributed by atoms with Crippen LogP contribution >= 0.6 is 11.6 Å². The zero-order chi connectivity index (χ0) is 20.9. The summed E-state index contributed by atoms with van der Waals surface area (Å²) in [6, 6.07) is 5.17. The van der Waals surface area contributed by atoms with E-state index >= 15 is 0 Å². The molecule has 158 valence electrons. The Labute approximate surface area is 176 Å². The minimum atomic E-state index is -0.427. The van der Waals surface area contributed by atoms with Crippen LogP contribution in [0.2, 0.25) is 5.02 Å². The summed E-state index contributed by atoms with van der Waals surface area (Å²) in [5.74, 6) is 0.190. The smallest absolute Gasteiger partial charge is 0.327 e. The van der Waals surface area contributed by atoms with Crippen molar-refractivity contribution in [1.29, 1.82) is 0 Å². The van der Waals surface area contributed by atoms with Crippen LogP contribution in [-0.2, 0) is 9.53 Å². The molecule has 3 saturated heterocycles. The van der Waals surface area contributed by atoms with Crippen molar-refractivity contribution in [3.05, 3.63) is 28.8 Å². The maximum absolute atomic E-state index is 13.3. The molecular weight excluding hydrogens is 394 g/mol. The number of benzene rings is 1. The van der Waals surface area contributed by atoms with Crippen LogP contribution in [0.1, 0.15) is 12.5 Å². The summed E-state index contributed by atoms with van der Waals surface area (Å²) in [4.78, 5) is 33.5. The highest BCUT2D eigenvalue weighted by atomic mass is 35.5. The molecule has 3 aliphatic rings. The third-order valence-corrected chi connectivity index (χ3v) is 6.56. The van der Waals surface area contributed by atoms with Crippen LogP contribution in [0, 0.1) is 12.8 Å². The van der Waals surface area contributed by atoms with Gasteiger partial charge in [0.1, 0.15) is 18.5 Å². The number of ether oxygens (including phenoxy) is 1. The molecule has 1 aromatic carbocycles. The van der Waals surface area contributed by atoms with Gasteiger partial charge in [-0.15, -0.1) is 0 Å². The van der Waals surface area contributed by atoms with Crippen molar-refractivity contribution in [3.63, 3.8) is 0 Å². The highest BCUT2D eigenvalue weighted by Crippen LogP contribution is 2.36. The van der Waals surface area contributed by atoms with Gasteiger partial charge in [-0.2, -0.15) is 0 Å². The van der Waals surface area contributed by atoms with Crippen molar-refractivity contribution in [2.24, 2.45) is 5.92 Å². The highest BCUT2D eigenvalue weighted by molar-refractivity contribution is 6.31. The number of amides is 3. The van der Waals surface area contributed by atoms with E-state index in [2.05, 4.69) is 28.1 Å². The first-order valence-electron chi connectivity index (χ1n) is 9.95. The molecule has 4 atom stereocenters. The molecule has 3 amide bonds. The van der Waals surface area contributed by atoms with Crippen LogP contribution < -0.4 is 10.2 Å². The SMILES string of the molecule is COCCN1C(=O)C2C(NC3N(c4cccc(Cl)c4C)CC(C)CN23)N(C)C1=O. The van der Waals surface area contributed by atoms with E-state index < -0.39 is 6.04 Å². The third kappa shape index (κ3) is 3.28. The second kappa shape index (κ2) is 7.75. The van der Waals surface area contributed by atoms with E-state index in [4.69, 9.17) is 16.3 Å². The Morgan fingerprint density at radius 2 is 2.03 bits per heavy atom. The summed E-state index contributed by atoms with van der Waals surface area (Å²) in [5, 5.41) is 4.25. The third-order valence-electron chi connectivity index (χ3n) is 6.15. The largest absolute Gasteiger partial charge is 0.383 e. The van der Waals surface area contributed by atoms with Gasteiger partial charge in [0.2, 0.25) is 0 Å². The molecule has 0 bridgehead atoms. The molecular formula is C20H28ClN5O3. The summed E-state index contributed by atoms with van der Waals surface area (Å²) < 4.78 is 5.10. The first-order chi connectivity index (χ1) is 13.8. The monoisotopic (exact) mass is 421 g/mol. The maximum atomic E-state index is 13.3. The van der Waals surface area contributed by atoms with Crippen LogP contribution in [0.15, 0.2) is 18.2 Å². The number of likely N-dealkylation sites (N-methyl/N-ethyl adjacent to an activating group) is 1. The van der Waals surface area contributed by atoms with E-state index in [-0.39, 0.29) is 30.9 Å². The standard InChI is InChI=1S/C20H28ClN5O3/c1-12-10-25(15-7-5-6-14(21)13(15)2)19-22-17-16(26(19)11-12)18(27)24(8-9-29-4)20(28)23(17)3/h5-7,12,16-17,19,22H,8-11H2,1-4H3. The minimum absolute atomic E-state index is 0.165. The average molecular weight is 422 g/mol. The minimum Gasteiger partial charge on any atom is -0.383 e. The predicted octanol–water partition coefficient (Wildman–Crippen LogP) is 1.53. The van der Waals surface area contributed by atoms with Crippen LogP contribution in [0.5, 0.6) is 0 Å². The van der Waals surface area contributed by atoms with Crippen molar-refractivity contribution in [2.45, 2.75) is 32.3 Å². The number of anilines is 1. The van der Waals surface area contributed by atoms with E-state index in [1.165, 1.54) is 4.90 Å². The molecule has 3 heterocycles. The van der Waals surface area contributed by atoms with Crippen molar-refractivity contribution < 1.29 is 14.3 Å². The second-order valence-corrected chi connectivity index (χ2v) is 8.55. The van der Waals surface area contributed by atoms with Gasteiger partial charge in [0.05, 0.1) is 13.2 Å². The van der Waals surface area contributed by atoms with Gasteiger partial charge in [-0.3, -0.25) is 19.9 Å². The fourth-order valence-electron chi connectivity index (χ4n) is 4.70. The number of hydrogen-bond donors (Lipinski definition) is 1. The lowest BCUT2D eigenvalue weighted by molar-refractivity contribution is -0.139. The highest BCUT2D eigenvalue weighted by Gasteiger charge is 2.56. The number of hydrogen-bond acceptors (Lipinski definition) is 6. The molecule has 0 radical (unpaired) electrons. The molecule has 0 saturated carbocycles. The normalized spacial score (nSPS) is 30.0. The molecule has 1 aromatic rings. The zero-order valence-corrected chi connectivity index (χ0v) is 18.0. The van der Waals surface area contributed by atoms with E-state index in [1.807, 2.05) is 19.1 Å². The molecule has 3 aliphatic heterocycles. The van der Waals surface area contributed by atoms with Crippen molar-refractivity contribution in [1.82, 2.24) is 20.0 Å². The Morgan fingerprint density at radius 3 is 2.76 bits per heavy atom. The lowest BCUT2D eigenvalue weighted by Gasteiger charge is -2.46. The summed E-state index contributed by atoms with van der Waals surface area (Å²) >= 11 is 6.38. The maximum Gasteiger partial charge on any atom is 0.327 e. The van der Waals surface area contributed by atoms with Gasteiger partial charge >= 0.3 is 6.03 Å². The molecule has 4 rings (SSSR count). The van der Waals surface area contributed by atoms with Gasteiger partial charge in [0, 0.05) is 38.0 Å². The summed E-state index contributed by atoms with van der Waals surface area (Å²) in [5.41, 5.74) is 2.06. The Kier molecular flexibility index (Phi) is 5.46. The van der Waals surface area contributed by atoms with Gasteiger partial charge in [-0.05, 0) is 30.5 Å². The summed E-state index contributed by atoms with van der Waals surface area (Å²) in [6.45, 7) is 6.39. The predicted molar refractivity (Wildman–Crippen MR) is 111 cm³/mol. The quantitative estimate of drug-likeness (QED) is 0.795. The zero-order valence-electron chi connectivity index (χ0n) is 17.3. The molecule has 3 fully saturated rings. The second-order valence-electron chi connectivity index (χ2n) is 8.14. The van der Waals surface area contributed by atoms with Crippen molar-refractivity contribution >= 4 is 29.2 Å². The number of nitrogens with one attached hydrogen (secondary N) is 1. The number of imide groups is 1. The van der Waals surface area contributed by atoms with Crippen molar-refractivity contribution in [2.75, 3.05) is 45.3 Å². The van der Waals surface area contributed by atoms with E-state index in [0.717, 1.165) is 29.4 Å². The lowest BCUT2D eigenvalue weighted by atomic mass is 10.0. The number of carbonyl (C=O) groups excluding carboxylic acids is 2. The average Bonchev–Trinajstić information content (AvgIpc) is 3.07. The molecule has 0 spiro atoms. The number of rotatable bonds is 4. The summed E-state index contributed by atoms with van der Waals surface area (Å²) in [6.07, 6.45) is -0.550. The molecule has 1 N–H and O–H groups in total. The molecule has 8 nitrogen and oxygen atoms in total. The molecule has 4 unspecified atom stereocenters. The first kappa shape index (κ1) is 20.4. The van der Waals surface area contributed by atoms with Gasteiger partial charge in [-0.25, -0.2) is 4.79 Å². The topological polar surface area (TPSA) is 68.4 Å². The number of nitrogens with zero attached hydrogens (tertiary/aromatic N) is 4. The van der Waals surface area contributed by atoms with Crippen LogP contribution in [0.3, 0.4) is 0 Å². The Balaban J connectivity index is 1.69. The molecule has 9 heteroatoms. The Morgan fingerprint density at radius 1 is 1.28 bits per heavy atom. The molecule has 0 aliphatic carbocycles. The van der Waals surface area contributed by atoms with Gasteiger partial charge in [-0.1, -0.05) is 24.6 Å². The van der Waals surface area contributed by atoms with E-state index in [9.17, 15) is 9.59 Å². The Hall–Kier alpha value is -1.87. The van der Waals surface area contributed by atoms with Gasteiger partial charge in [0.15, 0.2) is 0 Å². The number of urea groups is 1. The fourth-order valence-corrected chi connectivity index (χ4v) is 4.87. The summed E-state index contributed by atoms with van der Waals surface area (Å²) in [7, 11) is 3.31. The van der Waals surface area contributed by atoms with Crippen LogP contribution in [0.4, 0.5) is 10.5 Å². The van der Waals surface area contributed by atoms with Gasteiger partial charge in [0.25, 0.3) is 5.91 Å². The van der Waals surface area contributed by atoms with Crippen molar-refractivity contribution in [3.8, 4) is 0 Å². The number of halogens is 1. The van der Waals surface area contributed by atoms with Crippen LogP contribution in [-0.4, -0.2) is 85.5 Å². The lowest BCUT2D eigenvalue weighted by Crippen LogP contribution is -2.67. The van der Waals surface area contributed by atoms with Gasteiger partial charge < -0.3 is 14.5 Å². The number of methoxy groups -OCH3 is 1. The van der Waals surface area contributed by atoms with E-state index in [0.29, 0.717) is 12.5 Å².